The van der Waals surface area contributed by atoms with Gasteiger partial charge >= 0.3 is 0 Å². The van der Waals surface area contributed by atoms with Crippen molar-refractivity contribution in [3.05, 3.63) is 48.0 Å². The third-order valence-electron chi connectivity index (χ3n) is 3.22. The second kappa shape index (κ2) is 6.07. The van der Waals surface area contributed by atoms with E-state index >= 15 is 0 Å². The highest BCUT2D eigenvalue weighted by Crippen LogP contribution is 2.15. The molecule has 2 nitrogen and oxygen atoms in total. The van der Waals surface area contributed by atoms with E-state index in [-0.39, 0.29) is 0 Å². The summed E-state index contributed by atoms with van der Waals surface area (Å²) in [5.74, 6) is 0. The standard InChI is InChI=1S/C14H21N2P/c1-15-9-3-5-13(15)7-11-17-12-8-14-6-4-10-16(14)2/h3-6,9-10,17H,7-8,11-12H2,1-2H3. The molecule has 0 saturated heterocycles. The van der Waals surface area contributed by atoms with E-state index in [4.69, 9.17) is 0 Å². The maximum absolute atomic E-state index is 2.22. The minimum atomic E-state index is 1.07. The molecule has 0 atom stereocenters. The highest BCUT2D eigenvalue weighted by atomic mass is 31.1. The van der Waals surface area contributed by atoms with Crippen LogP contribution < -0.4 is 0 Å². The van der Waals surface area contributed by atoms with Crippen molar-refractivity contribution < 1.29 is 0 Å². The normalized spacial score (nSPS) is 10.9. The molecule has 2 aromatic rings. The van der Waals surface area contributed by atoms with E-state index in [1.165, 1.54) is 36.6 Å². The van der Waals surface area contributed by atoms with Crippen molar-refractivity contribution in [1.29, 1.82) is 0 Å². The lowest BCUT2D eigenvalue weighted by Crippen LogP contribution is -1.99. The van der Waals surface area contributed by atoms with Gasteiger partial charge in [-0.15, -0.1) is 8.58 Å². The van der Waals surface area contributed by atoms with Crippen LogP contribution in [0.1, 0.15) is 11.4 Å². The third kappa shape index (κ3) is 3.47. The largest absolute Gasteiger partial charge is 0.354 e. The zero-order valence-corrected chi connectivity index (χ0v) is 11.7. The fourth-order valence-electron chi connectivity index (χ4n) is 2.07. The van der Waals surface area contributed by atoms with Gasteiger partial charge in [0.1, 0.15) is 0 Å². The molecule has 0 unspecified atom stereocenters. The molecule has 0 aromatic carbocycles. The Hall–Kier alpha value is -1.01. The summed E-state index contributed by atoms with van der Waals surface area (Å²) in [7, 11) is 5.33. The lowest BCUT2D eigenvalue weighted by molar-refractivity contribution is 0.834. The highest BCUT2D eigenvalue weighted by molar-refractivity contribution is 7.37. The summed E-state index contributed by atoms with van der Waals surface area (Å²) in [5.41, 5.74) is 2.91. The molecule has 0 aliphatic carbocycles. The van der Waals surface area contributed by atoms with Crippen LogP contribution in [0, 0.1) is 0 Å². The van der Waals surface area contributed by atoms with Gasteiger partial charge in [-0.1, -0.05) is 0 Å². The number of hydrogen-bond donors (Lipinski definition) is 0. The van der Waals surface area contributed by atoms with Crippen LogP contribution in [-0.4, -0.2) is 21.5 Å². The van der Waals surface area contributed by atoms with Crippen LogP contribution in [0.2, 0.25) is 0 Å². The molecule has 0 aliphatic rings. The van der Waals surface area contributed by atoms with E-state index in [1.54, 1.807) is 0 Å². The first-order valence-corrected chi connectivity index (χ1v) is 7.60. The van der Waals surface area contributed by atoms with Gasteiger partial charge in [-0.3, -0.25) is 0 Å². The van der Waals surface area contributed by atoms with Crippen LogP contribution in [0.4, 0.5) is 0 Å². The second-order valence-electron chi connectivity index (χ2n) is 4.47. The van der Waals surface area contributed by atoms with Crippen LogP contribution >= 0.6 is 8.58 Å². The Morgan fingerprint density at radius 2 is 1.35 bits per heavy atom. The van der Waals surface area contributed by atoms with Gasteiger partial charge < -0.3 is 9.13 Å². The van der Waals surface area contributed by atoms with Gasteiger partial charge in [-0.2, -0.15) is 0 Å². The summed E-state index contributed by atoms with van der Waals surface area (Å²) in [4.78, 5) is 0. The van der Waals surface area contributed by atoms with Gasteiger partial charge in [0.2, 0.25) is 0 Å². The zero-order valence-electron chi connectivity index (χ0n) is 10.7. The Balaban J connectivity index is 1.64. The van der Waals surface area contributed by atoms with E-state index < -0.39 is 0 Å². The molecule has 2 rings (SSSR count). The van der Waals surface area contributed by atoms with Gasteiger partial charge in [0, 0.05) is 37.9 Å². The van der Waals surface area contributed by atoms with Crippen LogP contribution in [0.15, 0.2) is 36.7 Å². The lowest BCUT2D eigenvalue weighted by Gasteiger charge is -2.05. The van der Waals surface area contributed by atoms with Crippen molar-refractivity contribution in [2.24, 2.45) is 14.1 Å². The molecule has 0 N–H and O–H groups in total. The van der Waals surface area contributed by atoms with Gasteiger partial charge in [0.25, 0.3) is 0 Å². The Bertz CT molecular complexity index is 414. The molecule has 0 fully saturated rings. The maximum atomic E-state index is 2.22. The van der Waals surface area contributed by atoms with Gasteiger partial charge in [0.15, 0.2) is 0 Å². The average molecular weight is 248 g/mol. The molecule has 2 heterocycles. The van der Waals surface area contributed by atoms with Crippen molar-refractivity contribution in [2.45, 2.75) is 12.8 Å². The topological polar surface area (TPSA) is 9.86 Å². The number of rotatable bonds is 6. The number of hydrogen-bond acceptors (Lipinski definition) is 0. The molecule has 0 bridgehead atoms. The molecule has 3 heteroatoms. The minimum Gasteiger partial charge on any atom is -0.354 e. The zero-order chi connectivity index (χ0) is 12.1. The summed E-state index contributed by atoms with van der Waals surface area (Å²) in [6.45, 7) is 0. The Morgan fingerprint density at radius 1 is 0.882 bits per heavy atom. The molecule has 0 spiro atoms. The number of aryl methyl sites for hydroxylation is 4. The predicted molar refractivity (Wildman–Crippen MR) is 76.3 cm³/mol. The van der Waals surface area contributed by atoms with E-state index in [1.807, 2.05) is 0 Å². The molecule has 0 radical (unpaired) electrons. The summed E-state index contributed by atoms with van der Waals surface area (Å²) in [6.07, 6.45) is 9.33. The molecule has 0 aliphatic heterocycles. The highest BCUT2D eigenvalue weighted by Gasteiger charge is 1.99. The summed E-state index contributed by atoms with van der Waals surface area (Å²) >= 11 is 0. The molecule has 92 valence electrons. The van der Waals surface area contributed by atoms with Gasteiger partial charge in [-0.05, 0) is 49.4 Å². The fraction of sp³-hybridized carbons (Fsp3) is 0.429. The average Bonchev–Trinajstić information content (AvgIpc) is 2.89. The van der Waals surface area contributed by atoms with E-state index in [2.05, 4.69) is 59.9 Å². The quantitative estimate of drug-likeness (QED) is 0.549. The van der Waals surface area contributed by atoms with Gasteiger partial charge in [-0.25, -0.2) is 0 Å². The molecule has 17 heavy (non-hydrogen) atoms. The minimum absolute atomic E-state index is 1.07. The van der Waals surface area contributed by atoms with Crippen LogP contribution in [0.3, 0.4) is 0 Å². The van der Waals surface area contributed by atoms with Crippen molar-refractivity contribution >= 4 is 8.58 Å². The first kappa shape index (κ1) is 12.4. The third-order valence-corrected chi connectivity index (χ3v) is 4.43. The number of aromatic nitrogens is 2. The maximum Gasteiger partial charge on any atom is 0.0175 e. The fourth-order valence-corrected chi connectivity index (χ4v) is 3.19. The van der Waals surface area contributed by atoms with Crippen LogP contribution in [0.25, 0.3) is 0 Å². The van der Waals surface area contributed by atoms with E-state index in [9.17, 15) is 0 Å². The Kier molecular flexibility index (Phi) is 4.44. The molecule has 2 aromatic heterocycles. The van der Waals surface area contributed by atoms with Crippen LogP contribution in [0.5, 0.6) is 0 Å². The van der Waals surface area contributed by atoms with Crippen LogP contribution in [-0.2, 0) is 26.9 Å². The summed E-state index contributed by atoms with van der Waals surface area (Å²) in [6, 6.07) is 8.70. The summed E-state index contributed by atoms with van der Waals surface area (Å²) < 4.78 is 4.45. The second-order valence-corrected chi connectivity index (χ2v) is 5.97. The first-order chi connectivity index (χ1) is 8.27. The van der Waals surface area contributed by atoms with Crippen molar-refractivity contribution in [1.82, 2.24) is 9.13 Å². The molecule has 0 saturated carbocycles. The smallest absolute Gasteiger partial charge is 0.0175 e. The van der Waals surface area contributed by atoms with Crippen molar-refractivity contribution in [3.8, 4) is 0 Å². The SMILES string of the molecule is Cn1cccc1CCPCCc1cccn1C. The molecule has 0 amide bonds. The Morgan fingerprint density at radius 3 is 1.71 bits per heavy atom. The monoisotopic (exact) mass is 248 g/mol. The lowest BCUT2D eigenvalue weighted by atomic mass is 10.3. The predicted octanol–water partition coefficient (Wildman–Crippen LogP) is 2.83. The summed E-state index contributed by atoms with van der Waals surface area (Å²) in [5, 5.41) is 0. The Labute approximate surface area is 105 Å². The van der Waals surface area contributed by atoms with E-state index in [0.29, 0.717) is 0 Å². The van der Waals surface area contributed by atoms with Crippen molar-refractivity contribution in [3.63, 3.8) is 0 Å². The first-order valence-electron chi connectivity index (χ1n) is 6.18. The number of nitrogens with zero attached hydrogens (tertiary/aromatic N) is 2. The van der Waals surface area contributed by atoms with E-state index in [0.717, 1.165) is 8.58 Å². The molecular weight excluding hydrogens is 227 g/mol. The van der Waals surface area contributed by atoms with Gasteiger partial charge in [0.05, 0.1) is 0 Å². The molecular formula is C14H21N2P. The van der Waals surface area contributed by atoms with Crippen molar-refractivity contribution in [2.75, 3.05) is 12.3 Å².